The van der Waals surface area contributed by atoms with Gasteiger partial charge in [0.2, 0.25) is 12.6 Å². The number of rotatable bonds is 9. The first-order valence-electron chi connectivity index (χ1n) is 12.0. The number of carbonyl (C=O) groups is 6. The molecule has 3 aliphatic heterocycles. The molecule has 5 heterocycles. The number of oxime groups is 1. The molecule has 0 bridgehead atoms. The van der Waals surface area contributed by atoms with Crippen molar-refractivity contribution in [3.63, 3.8) is 0 Å². The highest BCUT2D eigenvalue weighted by Gasteiger charge is 2.66. The van der Waals surface area contributed by atoms with Gasteiger partial charge >= 0.3 is 29.7 Å². The summed E-state index contributed by atoms with van der Waals surface area (Å²) in [7, 11) is 0. The van der Waals surface area contributed by atoms with Gasteiger partial charge in [-0.1, -0.05) is 5.16 Å². The van der Waals surface area contributed by atoms with Gasteiger partial charge in [0, 0.05) is 11.4 Å². The molecule has 43 heavy (non-hydrogen) atoms. The summed E-state index contributed by atoms with van der Waals surface area (Å²) in [6, 6.07) is -2.82. The van der Waals surface area contributed by atoms with E-state index in [0.29, 0.717) is 0 Å². The molecule has 3 aliphatic rings. The second-order valence-electron chi connectivity index (χ2n) is 9.18. The maximum absolute atomic E-state index is 13.3. The molecule has 0 aromatic carbocycles. The highest BCUT2D eigenvalue weighted by molar-refractivity contribution is 7.13. The van der Waals surface area contributed by atoms with Crippen LogP contribution in [-0.4, -0.2) is 108 Å². The average Bonchev–Trinajstić information content (AvgIpc) is 3.69. The third-order valence-electron chi connectivity index (χ3n) is 6.46. The van der Waals surface area contributed by atoms with Crippen molar-refractivity contribution in [2.24, 2.45) is 5.16 Å². The number of carbonyl (C=O) groups excluding carboxylic acids is 4. The van der Waals surface area contributed by atoms with E-state index in [4.69, 9.17) is 20.4 Å². The number of nitrogen functional groups attached to an aromatic ring is 1. The molecule has 2 saturated heterocycles. The molecule has 2 unspecified atom stereocenters. The largest absolute Gasteiger partial charge is 0.504 e. The number of cyclic esters (lactones) is 1. The number of nitrogens with one attached hydrogen (secondary N) is 1. The first kappa shape index (κ1) is 28.9. The lowest BCUT2D eigenvalue weighted by Gasteiger charge is -2.30. The number of esters is 1. The molecule has 20 nitrogen and oxygen atoms in total. The molecule has 3 atom stereocenters. The van der Waals surface area contributed by atoms with Crippen LogP contribution in [-0.2, 0) is 44.9 Å². The molecule has 21 heteroatoms. The molecule has 3 amide bonds. The van der Waals surface area contributed by atoms with Gasteiger partial charge in [0.25, 0.3) is 11.8 Å². The molecular weight excluding hydrogens is 602 g/mol. The molecule has 2 aromatic rings. The Morgan fingerprint density at radius 1 is 1.26 bits per heavy atom. The van der Waals surface area contributed by atoms with Gasteiger partial charge in [-0.3, -0.25) is 14.4 Å². The monoisotopic (exact) mass is 622 g/mol. The Bertz CT molecular complexity index is 1610. The number of pyridine rings is 1. The Labute approximate surface area is 242 Å². The number of hydrogen-bond acceptors (Lipinski definition) is 15. The SMILES string of the molecule is Nc1nc(/C(=N/OCC(=O)O)C(=O)N[C@H]2CON(C3(C(=O)O)CC(N4Cc5cc(O)c(O)c[n+]5C4=O)C(=O)O3)C2=O)cs1. The fraction of sp³-hybridized carbons (Fsp3) is 0.318. The first-order chi connectivity index (χ1) is 20.3. The molecule has 2 aromatic heterocycles. The smallest absolute Gasteiger partial charge is 0.499 e. The highest BCUT2D eigenvalue weighted by Crippen LogP contribution is 2.38. The normalized spacial score (nSPS) is 23.3. The zero-order valence-electron chi connectivity index (χ0n) is 21.4. The number of thiazole rings is 1. The predicted octanol–water partition coefficient (Wildman–Crippen LogP) is -2.93. The Balaban J connectivity index is 1.34. The summed E-state index contributed by atoms with van der Waals surface area (Å²) in [5.74, 6) is -7.78. The topological polar surface area (TPSA) is 285 Å². The molecule has 226 valence electrons. The van der Waals surface area contributed by atoms with E-state index in [2.05, 4.69) is 20.3 Å². The van der Waals surface area contributed by atoms with Crippen LogP contribution in [0, 0.1) is 0 Å². The van der Waals surface area contributed by atoms with E-state index >= 15 is 0 Å². The van der Waals surface area contributed by atoms with Gasteiger partial charge in [-0.2, -0.15) is 14.4 Å². The number of hydrogen-bond donors (Lipinski definition) is 6. The molecular formula is C22H20N7O13S+. The molecule has 5 rings (SSSR count). The van der Waals surface area contributed by atoms with E-state index in [-0.39, 0.29) is 28.1 Å². The third-order valence-corrected chi connectivity index (χ3v) is 7.13. The Kier molecular flexibility index (Phi) is 7.19. The summed E-state index contributed by atoms with van der Waals surface area (Å²) >= 11 is 0.928. The zero-order valence-corrected chi connectivity index (χ0v) is 22.2. The van der Waals surface area contributed by atoms with Crippen molar-refractivity contribution in [1.82, 2.24) is 20.3 Å². The standard InChI is InChI=1S/C22H19N7O13S/c23-20-25-10(7-43-20)15(26-40-6-14(32)33)16(34)24-9-5-41-29(17(9)35)22(19(37)38)2-11(18(36)42-22)28-3-8-1-12(30)13(31)4-27(8)21(28)39/h1,4,7,9,11H,2-3,5-6H2,(H6,23,24,25,31,32,33,34,37,38)/p+1/b26-15-/t9-,11?,22?/m0/s1. The predicted molar refractivity (Wildman–Crippen MR) is 133 cm³/mol. The van der Waals surface area contributed by atoms with Gasteiger partial charge in [-0.25, -0.2) is 24.3 Å². The molecule has 2 fully saturated rings. The van der Waals surface area contributed by atoms with E-state index in [9.17, 15) is 44.1 Å². The number of nitrogens with zero attached hydrogens (tertiary/aromatic N) is 5. The highest BCUT2D eigenvalue weighted by atomic mass is 32.1. The minimum absolute atomic E-state index is 0.0350. The minimum Gasteiger partial charge on any atom is -0.504 e. The van der Waals surface area contributed by atoms with Crippen molar-refractivity contribution in [3.8, 4) is 11.5 Å². The lowest BCUT2D eigenvalue weighted by molar-refractivity contribution is -0.573. The van der Waals surface area contributed by atoms with Crippen molar-refractivity contribution in [2.75, 3.05) is 18.9 Å². The van der Waals surface area contributed by atoms with Crippen LogP contribution in [0.4, 0.5) is 9.93 Å². The Morgan fingerprint density at radius 2 is 2.00 bits per heavy atom. The minimum atomic E-state index is -2.74. The second-order valence-corrected chi connectivity index (χ2v) is 10.1. The van der Waals surface area contributed by atoms with Crippen molar-refractivity contribution in [3.05, 3.63) is 29.0 Å². The number of amides is 3. The van der Waals surface area contributed by atoms with E-state index in [0.717, 1.165) is 33.1 Å². The number of aliphatic carboxylic acids is 2. The molecule has 0 spiro atoms. The number of ether oxygens (including phenoxy) is 1. The summed E-state index contributed by atoms with van der Waals surface area (Å²) in [5, 5.41) is 45.7. The van der Waals surface area contributed by atoms with Crippen molar-refractivity contribution < 1.29 is 68.2 Å². The van der Waals surface area contributed by atoms with Crippen LogP contribution in [0.1, 0.15) is 17.8 Å². The molecule has 0 aliphatic carbocycles. The van der Waals surface area contributed by atoms with E-state index in [1.54, 1.807) is 0 Å². The van der Waals surface area contributed by atoms with E-state index < -0.39 is 90.4 Å². The quantitative estimate of drug-likeness (QED) is 0.0706. The zero-order chi connectivity index (χ0) is 31.2. The number of hydroxylamine groups is 2. The number of fused-ring (bicyclic) bond motifs is 1. The van der Waals surface area contributed by atoms with Gasteiger partial charge in [0.15, 0.2) is 34.6 Å². The van der Waals surface area contributed by atoms with Gasteiger partial charge in [0.1, 0.15) is 24.5 Å². The summed E-state index contributed by atoms with van der Waals surface area (Å²) in [5.41, 5.74) is 2.35. The van der Waals surface area contributed by atoms with Crippen LogP contribution < -0.4 is 15.6 Å². The Morgan fingerprint density at radius 3 is 2.65 bits per heavy atom. The number of aromatic hydroxyl groups is 2. The first-order valence-corrected chi connectivity index (χ1v) is 12.8. The van der Waals surface area contributed by atoms with Crippen molar-refractivity contribution in [1.29, 1.82) is 0 Å². The maximum atomic E-state index is 13.3. The Hall–Kier alpha value is -5.57. The number of carboxylic acid groups (broad SMARTS) is 2. The van der Waals surface area contributed by atoms with Crippen LogP contribution in [0.2, 0.25) is 0 Å². The van der Waals surface area contributed by atoms with Crippen LogP contribution in [0.3, 0.4) is 0 Å². The maximum Gasteiger partial charge on any atom is 0.499 e. The average molecular weight is 623 g/mol. The van der Waals surface area contributed by atoms with Gasteiger partial charge in [-0.05, 0) is 0 Å². The summed E-state index contributed by atoms with van der Waals surface area (Å²) in [4.78, 5) is 90.0. The third kappa shape index (κ3) is 5.05. The second kappa shape index (κ2) is 10.7. The lowest BCUT2D eigenvalue weighted by Crippen LogP contribution is -2.57. The molecule has 0 radical (unpaired) electrons. The van der Waals surface area contributed by atoms with Gasteiger partial charge in [0.05, 0.1) is 6.42 Å². The van der Waals surface area contributed by atoms with Gasteiger partial charge in [-0.15, -0.1) is 11.3 Å². The number of nitrogens with two attached hydrogens (primary N) is 1. The van der Waals surface area contributed by atoms with Crippen LogP contribution in [0.5, 0.6) is 11.5 Å². The fourth-order valence-corrected chi connectivity index (χ4v) is 5.04. The summed E-state index contributed by atoms with van der Waals surface area (Å²) in [6.07, 6.45) is 0.141. The van der Waals surface area contributed by atoms with Gasteiger partial charge < -0.3 is 41.1 Å². The van der Waals surface area contributed by atoms with Crippen molar-refractivity contribution in [2.45, 2.75) is 30.8 Å². The summed E-state index contributed by atoms with van der Waals surface area (Å²) < 4.78 is 6.08. The summed E-state index contributed by atoms with van der Waals surface area (Å²) in [6.45, 7) is -1.80. The van der Waals surface area contributed by atoms with Crippen LogP contribution in [0.25, 0.3) is 0 Å². The number of aromatic nitrogens is 2. The van der Waals surface area contributed by atoms with Crippen LogP contribution in [0.15, 0.2) is 22.8 Å². The molecule has 0 saturated carbocycles. The van der Waals surface area contributed by atoms with Crippen LogP contribution >= 0.6 is 11.3 Å². The van der Waals surface area contributed by atoms with E-state index in [1.165, 1.54) is 5.38 Å². The van der Waals surface area contributed by atoms with E-state index in [1.807, 2.05) is 0 Å². The number of anilines is 1. The molecule has 7 N–H and O–H groups in total. The lowest BCUT2D eigenvalue weighted by atomic mass is 10.0. The fourth-order valence-electron chi connectivity index (χ4n) is 4.49. The van der Waals surface area contributed by atoms with Crippen molar-refractivity contribution >= 4 is 57.9 Å². The number of carboxylic acids is 2.